The molecule has 0 amide bonds. The van der Waals surface area contributed by atoms with E-state index in [1.165, 1.54) is 18.5 Å². The van der Waals surface area contributed by atoms with Gasteiger partial charge in [-0.2, -0.15) is 4.98 Å². The van der Waals surface area contributed by atoms with Crippen LogP contribution in [0.2, 0.25) is 0 Å². The lowest BCUT2D eigenvalue weighted by molar-refractivity contribution is 0.190. The van der Waals surface area contributed by atoms with Crippen LogP contribution in [0.15, 0.2) is 33.9 Å². The number of aromatic nitrogens is 3. The number of nitrogens with one attached hydrogen (secondary N) is 2. The standard InChI is InChI=1S/C14H20N6O3S/c1-20-8-7-16-10-12(20)14-18-13(23-19-14)4-6-17-24(21,22)11-3-2-5-15-9-11/h2-3,5,9,12,16-17H,4,6-8,10H2,1H3. The molecule has 0 radical (unpaired) electrons. The van der Waals surface area contributed by atoms with Gasteiger partial charge in [0.25, 0.3) is 0 Å². The van der Waals surface area contributed by atoms with E-state index in [0.29, 0.717) is 18.1 Å². The summed E-state index contributed by atoms with van der Waals surface area (Å²) in [7, 11) is -1.56. The summed E-state index contributed by atoms with van der Waals surface area (Å²) in [5.41, 5.74) is 0. The van der Waals surface area contributed by atoms with Crippen LogP contribution in [0.4, 0.5) is 0 Å². The highest BCUT2D eigenvalue weighted by atomic mass is 32.2. The van der Waals surface area contributed by atoms with Crippen molar-refractivity contribution in [3.63, 3.8) is 0 Å². The first kappa shape index (κ1) is 17.0. The van der Waals surface area contributed by atoms with Crippen molar-refractivity contribution in [3.05, 3.63) is 36.2 Å². The van der Waals surface area contributed by atoms with E-state index in [2.05, 4.69) is 30.1 Å². The van der Waals surface area contributed by atoms with Gasteiger partial charge in [0.05, 0.1) is 6.04 Å². The lowest BCUT2D eigenvalue weighted by Gasteiger charge is -2.30. The number of likely N-dealkylation sites (N-methyl/N-ethyl adjacent to an activating group) is 1. The fraction of sp³-hybridized carbons (Fsp3) is 0.500. The second kappa shape index (κ2) is 7.34. The first-order valence-corrected chi connectivity index (χ1v) is 9.18. The third kappa shape index (κ3) is 3.96. The fourth-order valence-electron chi connectivity index (χ4n) is 2.48. The monoisotopic (exact) mass is 352 g/mol. The van der Waals surface area contributed by atoms with Crippen molar-refractivity contribution in [2.45, 2.75) is 17.4 Å². The Morgan fingerprint density at radius 1 is 1.50 bits per heavy atom. The molecule has 3 heterocycles. The smallest absolute Gasteiger partial charge is 0.242 e. The van der Waals surface area contributed by atoms with E-state index in [-0.39, 0.29) is 17.5 Å². The number of nitrogens with zero attached hydrogens (tertiary/aromatic N) is 4. The molecule has 0 saturated carbocycles. The van der Waals surface area contributed by atoms with Gasteiger partial charge in [0, 0.05) is 45.0 Å². The Kier molecular flexibility index (Phi) is 5.19. The molecule has 1 aliphatic heterocycles. The molecule has 130 valence electrons. The van der Waals surface area contributed by atoms with Gasteiger partial charge in [-0.05, 0) is 19.2 Å². The molecule has 2 aromatic rings. The largest absolute Gasteiger partial charge is 0.339 e. The van der Waals surface area contributed by atoms with Crippen LogP contribution in [0.5, 0.6) is 0 Å². The van der Waals surface area contributed by atoms with Gasteiger partial charge in [-0.3, -0.25) is 9.88 Å². The summed E-state index contributed by atoms with van der Waals surface area (Å²) in [6.45, 7) is 2.80. The summed E-state index contributed by atoms with van der Waals surface area (Å²) in [5.74, 6) is 1.03. The van der Waals surface area contributed by atoms with Crippen molar-refractivity contribution in [1.29, 1.82) is 0 Å². The summed E-state index contributed by atoms with van der Waals surface area (Å²) in [6.07, 6.45) is 3.16. The minimum atomic E-state index is -3.57. The van der Waals surface area contributed by atoms with Crippen molar-refractivity contribution in [3.8, 4) is 0 Å². The Morgan fingerprint density at radius 2 is 2.38 bits per heavy atom. The van der Waals surface area contributed by atoms with Crippen LogP contribution in [0.25, 0.3) is 0 Å². The summed E-state index contributed by atoms with van der Waals surface area (Å²) in [6, 6.07) is 3.14. The number of pyridine rings is 1. The van der Waals surface area contributed by atoms with Gasteiger partial charge < -0.3 is 9.84 Å². The maximum absolute atomic E-state index is 12.1. The molecule has 10 heteroatoms. The SMILES string of the molecule is CN1CCNCC1c1noc(CCNS(=O)(=O)c2cccnc2)n1. The van der Waals surface area contributed by atoms with Gasteiger partial charge in [0.2, 0.25) is 15.9 Å². The van der Waals surface area contributed by atoms with E-state index in [0.717, 1.165) is 19.6 Å². The molecule has 2 N–H and O–H groups in total. The molecular formula is C14H20N6O3S. The Labute approximate surface area is 140 Å². The number of hydrogen-bond donors (Lipinski definition) is 2. The van der Waals surface area contributed by atoms with E-state index in [1.54, 1.807) is 6.07 Å². The quantitative estimate of drug-likeness (QED) is 0.719. The van der Waals surface area contributed by atoms with Crippen molar-refractivity contribution in [1.82, 2.24) is 30.1 Å². The Morgan fingerprint density at radius 3 is 3.12 bits per heavy atom. The zero-order valence-corrected chi connectivity index (χ0v) is 14.2. The fourth-order valence-corrected chi connectivity index (χ4v) is 3.48. The highest BCUT2D eigenvalue weighted by Crippen LogP contribution is 2.17. The summed E-state index contributed by atoms with van der Waals surface area (Å²) >= 11 is 0. The van der Waals surface area contributed by atoms with Gasteiger partial charge in [0.1, 0.15) is 4.90 Å². The first-order chi connectivity index (χ1) is 11.6. The van der Waals surface area contributed by atoms with Crippen LogP contribution < -0.4 is 10.0 Å². The van der Waals surface area contributed by atoms with E-state index >= 15 is 0 Å². The predicted octanol–water partition coefficient (Wildman–Crippen LogP) is -0.438. The number of rotatable bonds is 6. The molecule has 3 rings (SSSR count). The van der Waals surface area contributed by atoms with Crippen molar-refractivity contribution in [2.75, 3.05) is 33.2 Å². The lowest BCUT2D eigenvalue weighted by atomic mass is 10.2. The van der Waals surface area contributed by atoms with Crippen LogP contribution in [0, 0.1) is 0 Å². The third-order valence-corrected chi connectivity index (χ3v) is 5.31. The molecule has 1 fully saturated rings. The molecule has 0 spiro atoms. The van der Waals surface area contributed by atoms with E-state index in [1.807, 2.05) is 7.05 Å². The van der Waals surface area contributed by atoms with Crippen LogP contribution >= 0.6 is 0 Å². The second-order valence-corrected chi connectivity index (χ2v) is 7.35. The Bertz CT molecular complexity index is 764. The lowest BCUT2D eigenvalue weighted by Crippen LogP contribution is -2.44. The zero-order chi connectivity index (χ0) is 17.0. The molecular weight excluding hydrogens is 332 g/mol. The minimum absolute atomic E-state index is 0.0725. The maximum atomic E-state index is 12.1. The first-order valence-electron chi connectivity index (χ1n) is 7.69. The number of sulfonamides is 1. The van der Waals surface area contributed by atoms with Gasteiger partial charge >= 0.3 is 0 Å². The molecule has 0 bridgehead atoms. The summed E-state index contributed by atoms with van der Waals surface area (Å²) in [4.78, 5) is 10.5. The molecule has 0 aliphatic carbocycles. The molecule has 24 heavy (non-hydrogen) atoms. The average molecular weight is 352 g/mol. The second-order valence-electron chi connectivity index (χ2n) is 5.58. The minimum Gasteiger partial charge on any atom is -0.339 e. The topological polar surface area (TPSA) is 113 Å². The molecule has 9 nitrogen and oxygen atoms in total. The molecule has 0 aromatic carbocycles. The van der Waals surface area contributed by atoms with Crippen molar-refractivity contribution in [2.24, 2.45) is 0 Å². The zero-order valence-electron chi connectivity index (χ0n) is 13.3. The number of piperazine rings is 1. The van der Waals surface area contributed by atoms with Crippen molar-refractivity contribution >= 4 is 10.0 Å². The molecule has 1 saturated heterocycles. The van der Waals surface area contributed by atoms with Gasteiger partial charge in [-0.15, -0.1) is 0 Å². The molecule has 1 atom stereocenters. The predicted molar refractivity (Wildman–Crippen MR) is 85.7 cm³/mol. The molecule has 1 unspecified atom stereocenters. The third-order valence-electron chi connectivity index (χ3n) is 3.87. The van der Waals surface area contributed by atoms with E-state index in [4.69, 9.17) is 4.52 Å². The van der Waals surface area contributed by atoms with Crippen LogP contribution in [-0.2, 0) is 16.4 Å². The Hall–Kier alpha value is -1.88. The molecule has 1 aliphatic rings. The summed E-state index contributed by atoms with van der Waals surface area (Å²) in [5, 5.41) is 7.30. The average Bonchev–Trinajstić information content (AvgIpc) is 3.04. The van der Waals surface area contributed by atoms with E-state index < -0.39 is 10.0 Å². The van der Waals surface area contributed by atoms with Crippen LogP contribution in [0.3, 0.4) is 0 Å². The highest BCUT2D eigenvalue weighted by Gasteiger charge is 2.25. The van der Waals surface area contributed by atoms with Gasteiger partial charge in [-0.1, -0.05) is 5.16 Å². The van der Waals surface area contributed by atoms with Gasteiger partial charge in [0.15, 0.2) is 5.82 Å². The van der Waals surface area contributed by atoms with Crippen molar-refractivity contribution < 1.29 is 12.9 Å². The molecule has 2 aromatic heterocycles. The maximum Gasteiger partial charge on any atom is 0.242 e. The summed E-state index contributed by atoms with van der Waals surface area (Å²) < 4.78 is 31.9. The van der Waals surface area contributed by atoms with Gasteiger partial charge in [-0.25, -0.2) is 13.1 Å². The normalized spacial score (nSPS) is 19.5. The van der Waals surface area contributed by atoms with Crippen LogP contribution in [-0.4, -0.2) is 61.7 Å². The highest BCUT2D eigenvalue weighted by molar-refractivity contribution is 7.89. The Balaban J connectivity index is 1.56. The number of hydrogen-bond acceptors (Lipinski definition) is 8. The van der Waals surface area contributed by atoms with E-state index in [9.17, 15) is 8.42 Å². The van der Waals surface area contributed by atoms with Crippen LogP contribution in [0.1, 0.15) is 17.8 Å².